The molecule has 2 aromatic carbocycles. The second kappa shape index (κ2) is 10.3. The van der Waals surface area contributed by atoms with Gasteiger partial charge in [-0.1, -0.05) is 35.9 Å². The van der Waals surface area contributed by atoms with Crippen LogP contribution in [0.15, 0.2) is 54.6 Å². The molecule has 0 atom stereocenters. The predicted molar refractivity (Wildman–Crippen MR) is 115 cm³/mol. The van der Waals surface area contributed by atoms with Gasteiger partial charge in [0.15, 0.2) is 0 Å². The number of amides is 1. The van der Waals surface area contributed by atoms with Crippen LogP contribution in [0.25, 0.3) is 6.08 Å². The molecule has 0 bridgehead atoms. The number of carbonyl (C=O) groups excluding carboxylic acids is 1. The maximum atomic E-state index is 12.2. The van der Waals surface area contributed by atoms with Gasteiger partial charge in [-0.2, -0.15) is 0 Å². The molecule has 4 nitrogen and oxygen atoms in total. The maximum absolute atomic E-state index is 12.2. The lowest BCUT2D eigenvalue weighted by Crippen LogP contribution is -2.43. The summed E-state index contributed by atoms with van der Waals surface area (Å²) in [7, 11) is 0. The van der Waals surface area contributed by atoms with Crippen LogP contribution in [0.5, 0.6) is 5.75 Å². The molecule has 1 aliphatic rings. The van der Waals surface area contributed by atoms with E-state index >= 15 is 0 Å². The Morgan fingerprint density at radius 2 is 1.82 bits per heavy atom. The Hall–Kier alpha value is -2.30. The monoisotopic (exact) mass is 398 g/mol. The fourth-order valence-electron chi connectivity index (χ4n) is 3.35. The lowest BCUT2D eigenvalue weighted by atomic mass is 10.0. The summed E-state index contributed by atoms with van der Waals surface area (Å²) in [5, 5.41) is 3.89. The number of hydrogen-bond acceptors (Lipinski definition) is 3. The van der Waals surface area contributed by atoms with Crippen LogP contribution in [0.1, 0.15) is 30.9 Å². The van der Waals surface area contributed by atoms with Gasteiger partial charge in [0.2, 0.25) is 5.91 Å². The number of ether oxygens (including phenoxy) is 1. The zero-order valence-electron chi connectivity index (χ0n) is 16.2. The average molecular weight is 399 g/mol. The zero-order chi connectivity index (χ0) is 19.8. The van der Waals surface area contributed by atoms with E-state index in [2.05, 4.69) is 22.3 Å². The second-order valence-corrected chi connectivity index (χ2v) is 7.46. The number of hydrogen-bond donors (Lipinski definition) is 1. The summed E-state index contributed by atoms with van der Waals surface area (Å²) in [5.41, 5.74) is 2.25. The van der Waals surface area contributed by atoms with Crippen molar-refractivity contribution in [2.75, 3.05) is 19.7 Å². The first-order chi connectivity index (χ1) is 13.6. The zero-order valence-corrected chi connectivity index (χ0v) is 17.0. The summed E-state index contributed by atoms with van der Waals surface area (Å²) >= 11 is 5.94. The molecule has 1 amide bonds. The second-order valence-electron chi connectivity index (χ2n) is 7.02. The molecule has 5 heteroatoms. The third kappa shape index (κ3) is 6.39. The predicted octanol–water partition coefficient (Wildman–Crippen LogP) is 4.53. The maximum Gasteiger partial charge on any atom is 0.244 e. The Morgan fingerprint density at radius 1 is 1.14 bits per heavy atom. The molecular formula is C23H27ClN2O2. The van der Waals surface area contributed by atoms with Crippen LogP contribution in [0.2, 0.25) is 5.02 Å². The summed E-state index contributed by atoms with van der Waals surface area (Å²) in [4.78, 5) is 14.6. The highest BCUT2D eigenvalue weighted by atomic mass is 35.5. The number of piperidine rings is 1. The van der Waals surface area contributed by atoms with E-state index in [1.54, 1.807) is 6.08 Å². The minimum Gasteiger partial charge on any atom is -0.494 e. The SMILES string of the molecule is CCOc1ccc(/C=C/C(=O)NC2CCN(Cc3ccc(Cl)cc3)CC2)cc1. The normalized spacial score (nSPS) is 15.6. The molecule has 3 rings (SSSR count). The highest BCUT2D eigenvalue weighted by molar-refractivity contribution is 6.30. The van der Waals surface area contributed by atoms with Crippen molar-refractivity contribution in [3.63, 3.8) is 0 Å². The lowest BCUT2D eigenvalue weighted by molar-refractivity contribution is -0.117. The number of nitrogens with zero attached hydrogens (tertiary/aromatic N) is 1. The molecule has 0 aromatic heterocycles. The van der Waals surface area contributed by atoms with Gasteiger partial charge in [0.05, 0.1) is 6.61 Å². The Balaban J connectivity index is 1.41. The van der Waals surface area contributed by atoms with Gasteiger partial charge in [0.25, 0.3) is 0 Å². The van der Waals surface area contributed by atoms with Gasteiger partial charge >= 0.3 is 0 Å². The molecule has 0 aliphatic carbocycles. The van der Waals surface area contributed by atoms with E-state index in [0.717, 1.165) is 48.8 Å². The number of rotatable bonds is 7. The number of halogens is 1. The average Bonchev–Trinajstić information content (AvgIpc) is 2.71. The first kappa shape index (κ1) is 20.4. The van der Waals surface area contributed by atoms with Gasteiger partial charge in [-0.15, -0.1) is 0 Å². The fraction of sp³-hybridized carbons (Fsp3) is 0.348. The molecule has 1 heterocycles. The third-order valence-electron chi connectivity index (χ3n) is 4.87. The number of carbonyl (C=O) groups is 1. The standard InChI is InChI=1S/C23H27ClN2O2/c1-2-28-22-10-5-18(6-11-22)7-12-23(27)25-21-13-15-26(16-14-21)17-19-3-8-20(24)9-4-19/h3-12,21H,2,13-17H2,1H3,(H,25,27)/b12-7+. The van der Waals surface area contributed by atoms with Crippen molar-refractivity contribution >= 4 is 23.6 Å². The van der Waals surface area contributed by atoms with Crippen molar-refractivity contribution in [1.29, 1.82) is 0 Å². The summed E-state index contributed by atoms with van der Waals surface area (Å²) in [6.45, 7) is 5.50. The van der Waals surface area contributed by atoms with E-state index < -0.39 is 0 Å². The summed E-state index contributed by atoms with van der Waals surface area (Å²) in [6.07, 6.45) is 5.38. The molecular weight excluding hydrogens is 372 g/mol. The summed E-state index contributed by atoms with van der Waals surface area (Å²) in [5.74, 6) is 0.805. The van der Waals surface area contributed by atoms with Crippen molar-refractivity contribution < 1.29 is 9.53 Å². The summed E-state index contributed by atoms with van der Waals surface area (Å²) in [6, 6.07) is 16.0. The van der Waals surface area contributed by atoms with E-state index in [4.69, 9.17) is 16.3 Å². The third-order valence-corrected chi connectivity index (χ3v) is 5.12. The number of nitrogens with one attached hydrogen (secondary N) is 1. The lowest BCUT2D eigenvalue weighted by Gasteiger charge is -2.32. The van der Waals surface area contributed by atoms with Crippen LogP contribution < -0.4 is 10.1 Å². The van der Waals surface area contributed by atoms with Gasteiger partial charge in [-0.25, -0.2) is 0 Å². The van der Waals surface area contributed by atoms with E-state index in [1.807, 2.05) is 49.4 Å². The van der Waals surface area contributed by atoms with Crippen molar-refractivity contribution in [3.8, 4) is 5.75 Å². The number of likely N-dealkylation sites (tertiary alicyclic amines) is 1. The Bertz CT molecular complexity index is 779. The minimum absolute atomic E-state index is 0.0370. The smallest absolute Gasteiger partial charge is 0.244 e. The molecule has 0 radical (unpaired) electrons. The van der Waals surface area contributed by atoms with Gasteiger partial charge in [0, 0.05) is 36.8 Å². The molecule has 1 saturated heterocycles. The van der Waals surface area contributed by atoms with Crippen LogP contribution in [0.4, 0.5) is 0 Å². The molecule has 28 heavy (non-hydrogen) atoms. The molecule has 0 saturated carbocycles. The first-order valence-corrected chi connectivity index (χ1v) is 10.2. The van der Waals surface area contributed by atoms with Crippen molar-refractivity contribution in [2.24, 2.45) is 0 Å². The van der Waals surface area contributed by atoms with Crippen molar-refractivity contribution in [3.05, 3.63) is 70.8 Å². The van der Waals surface area contributed by atoms with Crippen LogP contribution >= 0.6 is 11.6 Å². The Kier molecular flexibility index (Phi) is 7.52. The molecule has 1 fully saturated rings. The quantitative estimate of drug-likeness (QED) is 0.696. The van der Waals surface area contributed by atoms with Crippen LogP contribution in [-0.4, -0.2) is 36.5 Å². The van der Waals surface area contributed by atoms with Crippen LogP contribution in [-0.2, 0) is 11.3 Å². The largest absolute Gasteiger partial charge is 0.494 e. The van der Waals surface area contributed by atoms with E-state index in [0.29, 0.717) is 6.61 Å². The van der Waals surface area contributed by atoms with Gasteiger partial charge < -0.3 is 10.1 Å². The van der Waals surface area contributed by atoms with Gasteiger partial charge in [-0.05, 0) is 61.2 Å². The molecule has 148 valence electrons. The van der Waals surface area contributed by atoms with Gasteiger partial charge in [-0.3, -0.25) is 9.69 Å². The first-order valence-electron chi connectivity index (χ1n) is 9.80. The highest BCUT2D eigenvalue weighted by Crippen LogP contribution is 2.16. The van der Waals surface area contributed by atoms with E-state index in [9.17, 15) is 4.79 Å². The molecule has 2 aromatic rings. The van der Waals surface area contributed by atoms with Crippen molar-refractivity contribution in [2.45, 2.75) is 32.4 Å². The molecule has 1 N–H and O–H groups in total. The fourth-order valence-corrected chi connectivity index (χ4v) is 3.47. The number of benzene rings is 2. The highest BCUT2D eigenvalue weighted by Gasteiger charge is 2.20. The Morgan fingerprint density at radius 3 is 2.46 bits per heavy atom. The molecule has 0 unspecified atom stereocenters. The Labute approximate surface area is 172 Å². The summed E-state index contributed by atoms with van der Waals surface area (Å²) < 4.78 is 5.43. The molecule has 1 aliphatic heterocycles. The topological polar surface area (TPSA) is 41.6 Å². The van der Waals surface area contributed by atoms with Crippen molar-refractivity contribution in [1.82, 2.24) is 10.2 Å². The van der Waals surface area contributed by atoms with Crippen LogP contribution in [0, 0.1) is 0 Å². The van der Waals surface area contributed by atoms with E-state index in [-0.39, 0.29) is 11.9 Å². The molecule has 0 spiro atoms. The minimum atomic E-state index is -0.0370. The van der Waals surface area contributed by atoms with Gasteiger partial charge in [0.1, 0.15) is 5.75 Å². The van der Waals surface area contributed by atoms with Crippen LogP contribution in [0.3, 0.4) is 0 Å². The van der Waals surface area contributed by atoms with E-state index in [1.165, 1.54) is 5.56 Å².